The number of nitro groups is 1. The van der Waals surface area contributed by atoms with Crippen LogP contribution in [0.15, 0.2) is 41.3 Å². The van der Waals surface area contributed by atoms with Gasteiger partial charge in [0, 0.05) is 30.4 Å². The highest BCUT2D eigenvalue weighted by molar-refractivity contribution is 7.89. The second kappa shape index (κ2) is 9.01. The van der Waals surface area contributed by atoms with Gasteiger partial charge in [0.25, 0.3) is 5.91 Å². The third-order valence-electron chi connectivity index (χ3n) is 4.44. The predicted molar refractivity (Wildman–Crippen MR) is 109 cm³/mol. The fourth-order valence-electron chi connectivity index (χ4n) is 2.78. The summed E-state index contributed by atoms with van der Waals surface area (Å²) in [5.41, 5.74) is 0.671. The number of benzene rings is 2. The number of anilines is 1. The highest BCUT2D eigenvalue weighted by Crippen LogP contribution is 2.28. The first-order valence-electron chi connectivity index (χ1n) is 8.90. The van der Waals surface area contributed by atoms with Crippen LogP contribution in [0.1, 0.15) is 29.8 Å². The van der Waals surface area contributed by atoms with Crippen molar-refractivity contribution in [1.29, 1.82) is 0 Å². The Balaban J connectivity index is 2.39. The highest BCUT2D eigenvalue weighted by Gasteiger charge is 2.23. The Hall–Kier alpha value is -2.98. The van der Waals surface area contributed by atoms with Crippen LogP contribution in [0.4, 0.5) is 11.4 Å². The maximum Gasteiger partial charge on any atom is 0.311 e. The zero-order valence-electron chi connectivity index (χ0n) is 16.6. The predicted octanol–water partition coefficient (Wildman–Crippen LogP) is 3.19. The number of hydrogen-bond acceptors (Lipinski definition) is 6. The quantitative estimate of drug-likeness (QED) is 0.516. The third kappa shape index (κ3) is 4.72. The topological polar surface area (TPSA) is 119 Å². The normalized spacial score (nSPS) is 11.3. The van der Waals surface area contributed by atoms with Gasteiger partial charge in [-0.15, -0.1) is 0 Å². The lowest BCUT2D eigenvalue weighted by atomic mass is 10.1. The van der Waals surface area contributed by atoms with Crippen LogP contribution in [0.25, 0.3) is 0 Å². The Morgan fingerprint density at radius 1 is 1.17 bits per heavy atom. The van der Waals surface area contributed by atoms with Crippen molar-refractivity contribution in [2.24, 2.45) is 0 Å². The molecule has 0 aromatic heterocycles. The summed E-state index contributed by atoms with van der Waals surface area (Å²) in [4.78, 5) is 23.2. The maximum absolute atomic E-state index is 12.7. The number of aryl methyl sites for hydroxylation is 1. The molecule has 0 saturated carbocycles. The fraction of sp³-hybridized carbons (Fsp3) is 0.316. The summed E-state index contributed by atoms with van der Waals surface area (Å²) < 4.78 is 31.7. The number of methoxy groups -OCH3 is 1. The maximum atomic E-state index is 12.7. The third-order valence-corrected chi connectivity index (χ3v) is 6.48. The first-order chi connectivity index (χ1) is 13.6. The molecule has 0 spiro atoms. The van der Waals surface area contributed by atoms with Gasteiger partial charge in [0.2, 0.25) is 10.0 Å². The van der Waals surface area contributed by atoms with Crippen LogP contribution < -0.4 is 10.1 Å². The molecule has 0 radical (unpaired) electrons. The molecule has 2 aromatic rings. The van der Waals surface area contributed by atoms with E-state index in [0.29, 0.717) is 24.3 Å². The SMILES string of the molecule is CCN(CC)S(=O)(=O)c1ccc(C)c(NC(=O)c2ccc(OC)c([N+](=O)[O-])c2)c1. The van der Waals surface area contributed by atoms with E-state index in [-0.39, 0.29) is 21.9 Å². The van der Waals surface area contributed by atoms with Crippen LogP contribution in [0.5, 0.6) is 5.75 Å². The Bertz CT molecular complexity index is 1030. The van der Waals surface area contributed by atoms with Crippen LogP contribution in [0.2, 0.25) is 0 Å². The largest absolute Gasteiger partial charge is 0.490 e. The van der Waals surface area contributed by atoms with Gasteiger partial charge < -0.3 is 10.1 Å². The molecule has 0 aliphatic carbocycles. The van der Waals surface area contributed by atoms with Crippen LogP contribution in [0.3, 0.4) is 0 Å². The number of nitrogens with zero attached hydrogens (tertiary/aromatic N) is 2. The number of sulfonamides is 1. The lowest BCUT2D eigenvalue weighted by molar-refractivity contribution is -0.385. The molecule has 0 unspecified atom stereocenters. The number of nitrogens with one attached hydrogen (secondary N) is 1. The van der Waals surface area contributed by atoms with Crippen molar-refractivity contribution in [3.05, 3.63) is 57.6 Å². The summed E-state index contributed by atoms with van der Waals surface area (Å²) >= 11 is 0. The van der Waals surface area contributed by atoms with Crippen LogP contribution in [0, 0.1) is 17.0 Å². The molecule has 0 aliphatic rings. The van der Waals surface area contributed by atoms with Gasteiger partial charge in [0.15, 0.2) is 5.75 Å². The van der Waals surface area contributed by atoms with E-state index >= 15 is 0 Å². The van der Waals surface area contributed by atoms with Crippen molar-refractivity contribution in [2.75, 3.05) is 25.5 Å². The van der Waals surface area contributed by atoms with Gasteiger partial charge in [-0.3, -0.25) is 14.9 Å². The molecule has 2 aromatic carbocycles. The second-order valence-electron chi connectivity index (χ2n) is 6.16. The molecule has 0 heterocycles. The summed E-state index contributed by atoms with van der Waals surface area (Å²) in [5.74, 6) is -0.564. The van der Waals surface area contributed by atoms with Gasteiger partial charge >= 0.3 is 5.69 Å². The van der Waals surface area contributed by atoms with Crippen molar-refractivity contribution < 1.29 is 22.9 Å². The Morgan fingerprint density at radius 3 is 2.38 bits per heavy atom. The zero-order valence-corrected chi connectivity index (χ0v) is 17.4. The molecule has 10 heteroatoms. The van der Waals surface area contributed by atoms with Gasteiger partial charge in [0.1, 0.15) is 0 Å². The minimum atomic E-state index is -3.69. The van der Waals surface area contributed by atoms with Crippen molar-refractivity contribution in [1.82, 2.24) is 4.31 Å². The molecule has 0 aliphatic heterocycles. The zero-order chi connectivity index (χ0) is 21.8. The molecule has 0 fully saturated rings. The van der Waals surface area contributed by atoms with E-state index in [1.165, 1.54) is 35.7 Å². The monoisotopic (exact) mass is 421 g/mol. The number of carbonyl (C=O) groups excluding carboxylic acids is 1. The van der Waals surface area contributed by atoms with Gasteiger partial charge in [-0.25, -0.2) is 8.42 Å². The van der Waals surface area contributed by atoms with Gasteiger partial charge in [-0.2, -0.15) is 4.31 Å². The molecular weight excluding hydrogens is 398 g/mol. The van der Waals surface area contributed by atoms with Crippen LogP contribution >= 0.6 is 0 Å². The molecule has 1 amide bonds. The van der Waals surface area contributed by atoms with Crippen LogP contribution in [-0.4, -0.2) is 43.8 Å². The van der Waals surface area contributed by atoms with Crippen molar-refractivity contribution >= 4 is 27.3 Å². The van der Waals surface area contributed by atoms with Crippen molar-refractivity contribution in [3.63, 3.8) is 0 Å². The molecule has 0 saturated heterocycles. The lowest BCUT2D eigenvalue weighted by Gasteiger charge is -2.19. The smallest absolute Gasteiger partial charge is 0.311 e. The Morgan fingerprint density at radius 2 is 1.83 bits per heavy atom. The van der Waals surface area contributed by atoms with Crippen molar-refractivity contribution in [2.45, 2.75) is 25.7 Å². The highest BCUT2D eigenvalue weighted by atomic mass is 32.2. The minimum absolute atomic E-state index is 0.0371. The summed E-state index contributed by atoms with van der Waals surface area (Å²) in [5, 5.41) is 13.8. The average Bonchev–Trinajstić information content (AvgIpc) is 2.69. The molecule has 0 atom stereocenters. The van der Waals surface area contributed by atoms with E-state index < -0.39 is 20.9 Å². The van der Waals surface area contributed by atoms with E-state index in [2.05, 4.69) is 5.32 Å². The molecule has 29 heavy (non-hydrogen) atoms. The molecule has 2 rings (SSSR count). The summed E-state index contributed by atoms with van der Waals surface area (Å²) in [6, 6.07) is 8.31. The van der Waals surface area contributed by atoms with Gasteiger partial charge in [-0.1, -0.05) is 19.9 Å². The van der Waals surface area contributed by atoms with E-state index in [1.54, 1.807) is 26.8 Å². The van der Waals surface area contributed by atoms with E-state index in [4.69, 9.17) is 4.74 Å². The van der Waals surface area contributed by atoms with Gasteiger partial charge in [0.05, 0.1) is 16.9 Å². The molecule has 1 N–H and O–H groups in total. The standard InChI is InChI=1S/C19H23N3O6S/c1-5-21(6-2)29(26,27)15-9-7-13(3)16(12-15)20-19(23)14-8-10-18(28-4)17(11-14)22(24)25/h7-12H,5-6H2,1-4H3,(H,20,23). The molecular formula is C19H23N3O6S. The Kier molecular flexibility index (Phi) is 6.93. The number of amides is 1. The van der Waals surface area contributed by atoms with Crippen molar-refractivity contribution in [3.8, 4) is 5.75 Å². The van der Waals surface area contributed by atoms with E-state index in [9.17, 15) is 23.3 Å². The average molecular weight is 421 g/mol. The van der Waals surface area contributed by atoms with E-state index in [0.717, 1.165) is 6.07 Å². The minimum Gasteiger partial charge on any atom is -0.490 e. The van der Waals surface area contributed by atoms with E-state index in [1.807, 2.05) is 0 Å². The number of hydrogen-bond donors (Lipinski definition) is 1. The summed E-state index contributed by atoms with van der Waals surface area (Å²) in [6.45, 7) is 5.86. The Labute approximate surface area is 169 Å². The fourth-order valence-corrected chi connectivity index (χ4v) is 4.26. The number of rotatable bonds is 8. The van der Waals surface area contributed by atoms with Crippen LogP contribution in [-0.2, 0) is 10.0 Å². The number of carbonyl (C=O) groups is 1. The molecule has 9 nitrogen and oxygen atoms in total. The molecule has 0 bridgehead atoms. The lowest BCUT2D eigenvalue weighted by Crippen LogP contribution is -2.30. The first-order valence-corrected chi connectivity index (χ1v) is 10.3. The summed E-state index contributed by atoms with van der Waals surface area (Å²) in [6.07, 6.45) is 0. The number of ether oxygens (including phenoxy) is 1. The number of nitro benzene ring substituents is 1. The molecule has 156 valence electrons. The summed E-state index contributed by atoms with van der Waals surface area (Å²) in [7, 11) is -2.39. The second-order valence-corrected chi connectivity index (χ2v) is 8.10. The first kappa shape index (κ1) is 22.3. The van der Waals surface area contributed by atoms with Gasteiger partial charge in [-0.05, 0) is 36.8 Å².